The van der Waals surface area contributed by atoms with Crippen molar-refractivity contribution in [3.05, 3.63) is 60.3 Å². The van der Waals surface area contributed by atoms with Crippen LogP contribution in [0.3, 0.4) is 0 Å². The van der Waals surface area contributed by atoms with Crippen LogP contribution in [-0.2, 0) is 22.7 Å². The van der Waals surface area contributed by atoms with E-state index in [4.69, 9.17) is 14.2 Å². The van der Waals surface area contributed by atoms with Gasteiger partial charge < -0.3 is 18.8 Å². The highest BCUT2D eigenvalue weighted by Crippen LogP contribution is 2.29. The van der Waals surface area contributed by atoms with Gasteiger partial charge in [0, 0.05) is 32.5 Å². The van der Waals surface area contributed by atoms with Crippen molar-refractivity contribution >= 4 is 25.1 Å². The van der Waals surface area contributed by atoms with E-state index in [1.165, 1.54) is 6.33 Å². The lowest BCUT2D eigenvalue weighted by Gasteiger charge is -2.15. The minimum absolute atomic E-state index is 0.226. The standard InChI is InChI=1S/C26H33N5O4Si/c1-6-35-26(32)24-22(16-31(29-24)15-19-7-9-20(33-2)10-8-19)23-21-11-12-30(25(21)28-17-27-23)18-34-13-14-36(3,4)5/h7-12,16-17H,6,13-15,18H2,1-5H3. The van der Waals surface area contributed by atoms with Gasteiger partial charge in [-0.3, -0.25) is 4.68 Å². The van der Waals surface area contributed by atoms with E-state index in [0.29, 0.717) is 24.5 Å². The number of carbonyl (C=O) groups is 1. The minimum Gasteiger partial charge on any atom is -0.497 e. The van der Waals surface area contributed by atoms with E-state index in [-0.39, 0.29) is 12.3 Å². The van der Waals surface area contributed by atoms with Gasteiger partial charge in [-0.05, 0) is 36.7 Å². The first-order valence-electron chi connectivity index (χ1n) is 12.0. The highest BCUT2D eigenvalue weighted by molar-refractivity contribution is 6.76. The van der Waals surface area contributed by atoms with Crippen LogP contribution >= 0.6 is 0 Å². The molecule has 10 heteroatoms. The smallest absolute Gasteiger partial charge is 0.359 e. The van der Waals surface area contributed by atoms with Crippen LogP contribution < -0.4 is 4.74 Å². The second-order valence-electron chi connectivity index (χ2n) is 9.75. The van der Waals surface area contributed by atoms with E-state index in [1.807, 2.05) is 47.3 Å². The van der Waals surface area contributed by atoms with Crippen molar-refractivity contribution < 1.29 is 19.0 Å². The maximum absolute atomic E-state index is 12.8. The first-order chi connectivity index (χ1) is 17.3. The molecular formula is C26H33N5O4Si. The molecule has 0 spiro atoms. The van der Waals surface area contributed by atoms with Gasteiger partial charge in [-0.15, -0.1) is 0 Å². The number of esters is 1. The average molecular weight is 508 g/mol. The number of hydrogen-bond acceptors (Lipinski definition) is 7. The third kappa shape index (κ3) is 6.00. The van der Waals surface area contributed by atoms with Crippen LogP contribution in [0.2, 0.25) is 25.7 Å². The third-order valence-electron chi connectivity index (χ3n) is 5.77. The number of hydrogen-bond donors (Lipinski definition) is 0. The summed E-state index contributed by atoms with van der Waals surface area (Å²) < 4.78 is 20.1. The quantitative estimate of drug-likeness (QED) is 0.163. The largest absolute Gasteiger partial charge is 0.497 e. The van der Waals surface area contributed by atoms with Crippen molar-refractivity contribution in [1.82, 2.24) is 24.3 Å². The van der Waals surface area contributed by atoms with Crippen LogP contribution in [0, 0.1) is 0 Å². The molecule has 3 heterocycles. The fourth-order valence-corrected chi connectivity index (χ4v) is 4.56. The Morgan fingerprint density at radius 1 is 1.08 bits per heavy atom. The Hall–Kier alpha value is -3.50. The summed E-state index contributed by atoms with van der Waals surface area (Å²) in [6.07, 6.45) is 5.27. The second-order valence-corrected chi connectivity index (χ2v) is 15.4. The Kier molecular flexibility index (Phi) is 7.85. The summed E-state index contributed by atoms with van der Waals surface area (Å²) in [6, 6.07) is 10.8. The Labute approximate surface area is 212 Å². The Morgan fingerprint density at radius 2 is 1.86 bits per heavy atom. The number of benzene rings is 1. The molecule has 190 valence electrons. The highest BCUT2D eigenvalue weighted by atomic mass is 28.3. The normalized spacial score (nSPS) is 11.7. The van der Waals surface area contributed by atoms with Crippen LogP contribution in [0.5, 0.6) is 5.75 Å². The highest BCUT2D eigenvalue weighted by Gasteiger charge is 2.23. The van der Waals surface area contributed by atoms with Crippen LogP contribution in [-0.4, -0.2) is 58.7 Å². The number of ether oxygens (including phenoxy) is 3. The molecule has 0 atom stereocenters. The molecule has 0 saturated carbocycles. The minimum atomic E-state index is -1.16. The van der Waals surface area contributed by atoms with Gasteiger partial charge in [0.05, 0.1) is 31.5 Å². The van der Waals surface area contributed by atoms with Gasteiger partial charge in [0.1, 0.15) is 24.5 Å². The second kappa shape index (κ2) is 11.0. The van der Waals surface area contributed by atoms with Gasteiger partial charge in [-0.1, -0.05) is 31.8 Å². The van der Waals surface area contributed by atoms with Crippen molar-refractivity contribution in [1.29, 1.82) is 0 Å². The molecule has 0 amide bonds. The molecule has 0 aliphatic heterocycles. The van der Waals surface area contributed by atoms with E-state index in [2.05, 4.69) is 34.7 Å². The average Bonchev–Trinajstić information content (AvgIpc) is 3.46. The zero-order valence-corrected chi connectivity index (χ0v) is 22.5. The molecule has 0 aliphatic carbocycles. The summed E-state index contributed by atoms with van der Waals surface area (Å²) in [5.41, 5.74) is 3.22. The van der Waals surface area contributed by atoms with Gasteiger partial charge in [-0.2, -0.15) is 5.10 Å². The monoisotopic (exact) mass is 507 g/mol. The van der Waals surface area contributed by atoms with Crippen LogP contribution in [0.1, 0.15) is 23.0 Å². The fraction of sp³-hybridized carbons (Fsp3) is 0.385. The molecule has 0 fully saturated rings. The number of carbonyl (C=O) groups excluding carboxylic acids is 1. The molecule has 36 heavy (non-hydrogen) atoms. The molecule has 4 aromatic rings. The molecule has 0 bridgehead atoms. The molecule has 9 nitrogen and oxygen atoms in total. The van der Waals surface area contributed by atoms with E-state index >= 15 is 0 Å². The van der Waals surface area contributed by atoms with Crippen LogP contribution in [0.15, 0.2) is 49.1 Å². The lowest BCUT2D eigenvalue weighted by molar-refractivity contribution is 0.0519. The number of rotatable bonds is 11. The topological polar surface area (TPSA) is 93.3 Å². The summed E-state index contributed by atoms with van der Waals surface area (Å²) in [6.45, 7) is 10.6. The molecule has 0 N–H and O–H groups in total. The van der Waals surface area contributed by atoms with Gasteiger partial charge >= 0.3 is 5.97 Å². The van der Waals surface area contributed by atoms with Crippen molar-refractivity contribution in [3.63, 3.8) is 0 Å². The van der Waals surface area contributed by atoms with Crippen molar-refractivity contribution in [2.75, 3.05) is 20.3 Å². The van der Waals surface area contributed by atoms with E-state index in [9.17, 15) is 4.79 Å². The van der Waals surface area contributed by atoms with Crippen molar-refractivity contribution in [3.8, 4) is 17.0 Å². The zero-order chi connectivity index (χ0) is 25.7. The molecule has 0 radical (unpaired) electrons. The molecule has 0 aliphatic rings. The maximum atomic E-state index is 12.8. The molecule has 4 rings (SSSR count). The van der Waals surface area contributed by atoms with Gasteiger partial charge in [0.2, 0.25) is 0 Å². The first kappa shape index (κ1) is 25.6. The Bertz CT molecular complexity index is 1320. The number of methoxy groups -OCH3 is 1. The summed E-state index contributed by atoms with van der Waals surface area (Å²) in [7, 11) is 0.475. The number of aromatic nitrogens is 5. The first-order valence-corrected chi connectivity index (χ1v) is 15.7. The van der Waals surface area contributed by atoms with Gasteiger partial charge in [0.25, 0.3) is 0 Å². The molecular weight excluding hydrogens is 474 g/mol. The van der Waals surface area contributed by atoms with E-state index in [1.54, 1.807) is 18.7 Å². The third-order valence-corrected chi connectivity index (χ3v) is 7.48. The predicted molar refractivity (Wildman–Crippen MR) is 141 cm³/mol. The molecule has 3 aromatic heterocycles. The Morgan fingerprint density at radius 3 is 2.56 bits per heavy atom. The van der Waals surface area contributed by atoms with Crippen LogP contribution in [0.25, 0.3) is 22.3 Å². The lowest BCUT2D eigenvalue weighted by atomic mass is 10.1. The molecule has 0 unspecified atom stereocenters. The Balaban J connectivity index is 1.64. The fourth-order valence-electron chi connectivity index (χ4n) is 3.81. The SMILES string of the molecule is CCOC(=O)c1nn(Cc2ccc(OC)cc2)cc1-c1ncnc2c1ccn2COCC[Si](C)(C)C. The zero-order valence-electron chi connectivity index (χ0n) is 21.5. The maximum Gasteiger partial charge on any atom is 0.359 e. The van der Waals surface area contributed by atoms with Gasteiger partial charge in [-0.25, -0.2) is 14.8 Å². The summed E-state index contributed by atoms with van der Waals surface area (Å²) in [5.74, 6) is 0.298. The summed E-state index contributed by atoms with van der Waals surface area (Å²) in [4.78, 5) is 21.8. The molecule has 0 saturated heterocycles. The van der Waals surface area contributed by atoms with E-state index < -0.39 is 14.0 Å². The summed E-state index contributed by atoms with van der Waals surface area (Å²) >= 11 is 0. The van der Waals surface area contributed by atoms with E-state index in [0.717, 1.165) is 35.0 Å². The summed E-state index contributed by atoms with van der Waals surface area (Å²) in [5, 5.41) is 5.38. The molecule has 1 aromatic carbocycles. The number of fused-ring (bicyclic) bond motifs is 1. The van der Waals surface area contributed by atoms with Gasteiger partial charge in [0.15, 0.2) is 5.69 Å². The van der Waals surface area contributed by atoms with Crippen LogP contribution in [0.4, 0.5) is 0 Å². The number of nitrogens with zero attached hydrogens (tertiary/aromatic N) is 5. The lowest BCUT2D eigenvalue weighted by Crippen LogP contribution is -2.22. The predicted octanol–water partition coefficient (Wildman–Crippen LogP) is 4.84. The van der Waals surface area contributed by atoms with Crippen molar-refractivity contribution in [2.45, 2.75) is 45.9 Å². The van der Waals surface area contributed by atoms with Crippen molar-refractivity contribution in [2.24, 2.45) is 0 Å².